The van der Waals surface area contributed by atoms with E-state index in [-0.39, 0.29) is 5.92 Å². The van der Waals surface area contributed by atoms with Crippen molar-refractivity contribution >= 4 is 33.0 Å². The molecule has 1 heterocycles. The van der Waals surface area contributed by atoms with E-state index in [0.717, 1.165) is 15.8 Å². The van der Waals surface area contributed by atoms with Crippen LogP contribution in [0.1, 0.15) is 22.5 Å². The first-order valence-corrected chi connectivity index (χ1v) is 8.00. The van der Waals surface area contributed by atoms with E-state index >= 15 is 0 Å². The lowest BCUT2D eigenvalue weighted by Gasteiger charge is -2.21. The first kappa shape index (κ1) is 14.5. The van der Waals surface area contributed by atoms with Gasteiger partial charge in [0.1, 0.15) is 0 Å². The van der Waals surface area contributed by atoms with E-state index in [1.807, 2.05) is 42.5 Å². The molecule has 0 aliphatic rings. The molecule has 2 aromatic carbocycles. The first-order chi connectivity index (χ1) is 10.2. The molecule has 0 aliphatic carbocycles. The average molecular weight is 318 g/mol. The van der Waals surface area contributed by atoms with Crippen molar-refractivity contribution in [2.24, 2.45) is 5.73 Å². The molecule has 0 saturated carbocycles. The predicted octanol–water partition coefficient (Wildman–Crippen LogP) is 4.33. The molecular formula is C17H16ClNOS. The molecule has 1 aromatic heterocycles. The summed E-state index contributed by atoms with van der Waals surface area (Å²) >= 11 is 7.65. The van der Waals surface area contributed by atoms with Crippen LogP contribution in [0, 0.1) is 0 Å². The number of thiophene rings is 1. The molecule has 108 valence electrons. The van der Waals surface area contributed by atoms with Gasteiger partial charge in [0.15, 0.2) is 0 Å². The SMILES string of the molecule is NCC(c1cccc(Cl)c1)C(O)c1cc2ccccc2s1. The van der Waals surface area contributed by atoms with Crippen molar-refractivity contribution < 1.29 is 5.11 Å². The van der Waals surface area contributed by atoms with Gasteiger partial charge in [0.2, 0.25) is 0 Å². The van der Waals surface area contributed by atoms with E-state index in [9.17, 15) is 5.11 Å². The summed E-state index contributed by atoms with van der Waals surface area (Å²) in [5.74, 6) is -0.156. The Morgan fingerprint density at radius 3 is 2.62 bits per heavy atom. The summed E-state index contributed by atoms with van der Waals surface area (Å²) in [6.45, 7) is 0.371. The fourth-order valence-electron chi connectivity index (χ4n) is 2.53. The van der Waals surface area contributed by atoms with Crippen LogP contribution in [0.3, 0.4) is 0 Å². The van der Waals surface area contributed by atoms with Gasteiger partial charge < -0.3 is 10.8 Å². The number of benzene rings is 2. The van der Waals surface area contributed by atoms with E-state index in [2.05, 4.69) is 12.1 Å². The highest BCUT2D eigenvalue weighted by Gasteiger charge is 2.23. The third-order valence-electron chi connectivity index (χ3n) is 3.65. The summed E-state index contributed by atoms with van der Waals surface area (Å²) in [4.78, 5) is 0.937. The van der Waals surface area contributed by atoms with Crippen molar-refractivity contribution in [2.45, 2.75) is 12.0 Å². The maximum atomic E-state index is 10.7. The molecule has 2 nitrogen and oxygen atoms in total. The van der Waals surface area contributed by atoms with Crippen molar-refractivity contribution in [2.75, 3.05) is 6.54 Å². The van der Waals surface area contributed by atoms with Crippen LogP contribution in [0.5, 0.6) is 0 Å². The smallest absolute Gasteiger partial charge is 0.0962 e. The summed E-state index contributed by atoms with van der Waals surface area (Å²) in [5, 5.41) is 12.5. The van der Waals surface area contributed by atoms with E-state index < -0.39 is 6.10 Å². The quantitative estimate of drug-likeness (QED) is 0.752. The average Bonchev–Trinajstić information content (AvgIpc) is 2.92. The van der Waals surface area contributed by atoms with Crippen LogP contribution < -0.4 is 5.73 Å². The van der Waals surface area contributed by atoms with Gasteiger partial charge in [-0.25, -0.2) is 0 Å². The van der Waals surface area contributed by atoms with Crippen molar-refractivity contribution in [1.82, 2.24) is 0 Å². The highest BCUT2D eigenvalue weighted by Crippen LogP contribution is 2.37. The standard InChI is InChI=1S/C17H16ClNOS/c18-13-6-3-5-11(8-13)14(10-19)17(20)16-9-12-4-1-2-7-15(12)21-16/h1-9,14,17,20H,10,19H2. The Balaban J connectivity index is 1.96. The minimum Gasteiger partial charge on any atom is -0.387 e. The summed E-state index contributed by atoms with van der Waals surface area (Å²) < 4.78 is 1.17. The number of hydrogen-bond acceptors (Lipinski definition) is 3. The van der Waals surface area contributed by atoms with Gasteiger partial charge in [-0.15, -0.1) is 11.3 Å². The maximum Gasteiger partial charge on any atom is 0.0962 e. The largest absolute Gasteiger partial charge is 0.387 e. The molecule has 2 unspecified atom stereocenters. The van der Waals surface area contributed by atoms with Gasteiger partial charge in [0, 0.05) is 27.1 Å². The fraction of sp³-hybridized carbons (Fsp3) is 0.176. The normalized spacial score (nSPS) is 14.2. The highest BCUT2D eigenvalue weighted by molar-refractivity contribution is 7.19. The molecule has 0 saturated heterocycles. The Morgan fingerprint density at radius 1 is 1.10 bits per heavy atom. The Morgan fingerprint density at radius 2 is 1.90 bits per heavy atom. The molecule has 0 radical (unpaired) electrons. The molecule has 0 spiro atoms. The zero-order valence-electron chi connectivity index (χ0n) is 11.4. The van der Waals surface area contributed by atoms with E-state index in [0.29, 0.717) is 11.6 Å². The molecular weight excluding hydrogens is 302 g/mol. The Hall–Kier alpha value is -1.39. The predicted molar refractivity (Wildman–Crippen MR) is 90.0 cm³/mol. The number of aliphatic hydroxyl groups is 1. The van der Waals surface area contributed by atoms with Crippen molar-refractivity contribution in [3.8, 4) is 0 Å². The lowest BCUT2D eigenvalue weighted by molar-refractivity contribution is 0.151. The number of rotatable bonds is 4. The van der Waals surface area contributed by atoms with Crippen molar-refractivity contribution in [3.05, 3.63) is 70.1 Å². The second-order valence-electron chi connectivity index (χ2n) is 5.03. The van der Waals surface area contributed by atoms with E-state index in [1.165, 1.54) is 4.70 Å². The summed E-state index contributed by atoms with van der Waals surface area (Å²) in [7, 11) is 0. The lowest BCUT2D eigenvalue weighted by atomic mass is 9.92. The maximum absolute atomic E-state index is 10.7. The van der Waals surface area contributed by atoms with Crippen LogP contribution in [-0.2, 0) is 0 Å². The molecule has 3 aromatic rings. The van der Waals surface area contributed by atoms with Crippen LogP contribution in [0.4, 0.5) is 0 Å². The van der Waals surface area contributed by atoms with Crippen LogP contribution in [0.15, 0.2) is 54.6 Å². The molecule has 2 atom stereocenters. The number of fused-ring (bicyclic) bond motifs is 1. The van der Waals surface area contributed by atoms with Crippen molar-refractivity contribution in [3.63, 3.8) is 0 Å². The third-order valence-corrected chi connectivity index (χ3v) is 5.07. The molecule has 21 heavy (non-hydrogen) atoms. The molecule has 0 amide bonds. The van der Waals surface area contributed by atoms with Crippen LogP contribution >= 0.6 is 22.9 Å². The second-order valence-corrected chi connectivity index (χ2v) is 6.58. The molecule has 0 bridgehead atoms. The number of aliphatic hydroxyl groups excluding tert-OH is 1. The topological polar surface area (TPSA) is 46.2 Å². The summed E-state index contributed by atoms with van der Waals surface area (Å²) in [6.07, 6.45) is -0.620. The van der Waals surface area contributed by atoms with Gasteiger partial charge in [0.25, 0.3) is 0 Å². The van der Waals surface area contributed by atoms with Gasteiger partial charge in [0.05, 0.1) is 6.10 Å². The molecule has 0 aliphatic heterocycles. The minimum absolute atomic E-state index is 0.156. The summed E-state index contributed by atoms with van der Waals surface area (Å²) in [5.41, 5.74) is 6.86. The van der Waals surface area contributed by atoms with Gasteiger partial charge in [-0.1, -0.05) is 41.9 Å². The van der Waals surface area contributed by atoms with Gasteiger partial charge in [-0.3, -0.25) is 0 Å². The van der Waals surface area contributed by atoms with E-state index in [4.69, 9.17) is 17.3 Å². The van der Waals surface area contributed by atoms with Crippen LogP contribution in [-0.4, -0.2) is 11.7 Å². The first-order valence-electron chi connectivity index (χ1n) is 6.81. The zero-order chi connectivity index (χ0) is 14.8. The number of nitrogens with two attached hydrogens (primary N) is 1. The number of hydrogen-bond donors (Lipinski definition) is 2. The minimum atomic E-state index is -0.620. The fourth-order valence-corrected chi connectivity index (χ4v) is 3.85. The van der Waals surface area contributed by atoms with Gasteiger partial charge >= 0.3 is 0 Å². The van der Waals surface area contributed by atoms with Crippen LogP contribution in [0.25, 0.3) is 10.1 Å². The molecule has 3 N–H and O–H groups in total. The van der Waals surface area contributed by atoms with Crippen LogP contribution in [0.2, 0.25) is 5.02 Å². The Bertz CT molecular complexity index is 722. The molecule has 0 fully saturated rings. The van der Waals surface area contributed by atoms with Gasteiger partial charge in [-0.2, -0.15) is 0 Å². The Labute approximate surface area is 132 Å². The molecule has 3 rings (SSSR count). The van der Waals surface area contributed by atoms with Gasteiger partial charge in [-0.05, 0) is 35.2 Å². The lowest BCUT2D eigenvalue weighted by Crippen LogP contribution is -2.19. The zero-order valence-corrected chi connectivity index (χ0v) is 12.9. The number of halogens is 1. The van der Waals surface area contributed by atoms with Crippen molar-refractivity contribution in [1.29, 1.82) is 0 Å². The summed E-state index contributed by atoms with van der Waals surface area (Å²) in [6, 6.07) is 17.7. The second kappa shape index (κ2) is 6.16. The Kier molecular flexibility index (Phi) is 4.27. The highest BCUT2D eigenvalue weighted by atomic mass is 35.5. The third kappa shape index (κ3) is 2.97. The van der Waals surface area contributed by atoms with E-state index in [1.54, 1.807) is 11.3 Å². The monoisotopic (exact) mass is 317 g/mol. The molecule has 4 heteroatoms.